The highest BCUT2D eigenvalue weighted by molar-refractivity contribution is 5.86. The lowest BCUT2D eigenvalue weighted by molar-refractivity contribution is -0.138. The molecule has 2 rings (SSSR count). The third-order valence-electron chi connectivity index (χ3n) is 4.36. The Morgan fingerprint density at radius 1 is 1.25 bits per heavy atom. The fraction of sp³-hybridized carbons (Fsp3) is 0.923. The Labute approximate surface area is 98.8 Å². The molecule has 1 heterocycles. The molecule has 0 aromatic heterocycles. The van der Waals surface area contributed by atoms with Gasteiger partial charge in [0.05, 0.1) is 0 Å². The van der Waals surface area contributed by atoms with Crippen molar-refractivity contribution in [2.24, 2.45) is 11.8 Å². The molecule has 0 amide bonds. The van der Waals surface area contributed by atoms with E-state index in [2.05, 4.69) is 30.7 Å². The quantitative estimate of drug-likeness (QED) is 0.720. The highest BCUT2D eigenvalue weighted by atomic mass is 16.1. The zero-order chi connectivity index (χ0) is 11.7. The molecule has 0 spiro atoms. The van der Waals surface area contributed by atoms with Gasteiger partial charge in [0.1, 0.15) is 5.78 Å². The molecule has 2 fully saturated rings. The topological polar surface area (TPSA) is 23.6 Å². The standard InChI is InChI=1S/C13H24N2O/c1-4-15(5-2)12-7-6-10-8-14(3)9-11(12)13(10)16/h10-12H,4-9H2,1-3H3. The minimum Gasteiger partial charge on any atom is -0.305 e. The summed E-state index contributed by atoms with van der Waals surface area (Å²) in [6, 6.07) is 0.501. The van der Waals surface area contributed by atoms with Crippen molar-refractivity contribution in [1.82, 2.24) is 9.80 Å². The van der Waals surface area contributed by atoms with Gasteiger partial charge in [-0.05, 0) is 33.0 Å². The van der Waals surface area contributed by atoms with Crippen molar-refractivity contribution in [3.8, 4) is 0 Å². The average molecular weight is 224 g/mol. The number of hydrogen-bond donors (Lipinski definition) is 0. The second-order valence-electron chi connectivity index (χ2n) is 5.29. The summed E-state index contributed by atoms with van der Waals surface area (Å²) in [5, 5.41) is 0. The van der Waals surface area contributed by atoms with Crippen molar-refractivity contribution < 1.29 is 4.79 Å². The molecule has 1 saturated heterocycles. The van der Waals surface area contributed by atoms with E-state index in [9.17, 15) is 4.79 Å². The first-order chi connectivity index (χ1) is 7.67. The van der Waals surface area contributed by atoms with E-state index >= 15 is 0 Å². The lowest BCUT2D eigenvalue weighted by Gasteiger charge is -2.46. The highest BCUT2D eigenvalue weighted by Gasteiger charge is 2.43. The van der Waals surface area contributed by atoms with Crippen LogP contribution >= 0.6 is 0 Å². The van der Waals surface area contributed by atoms with Crippen molar-refractivity contribution in [3.05, 3.63) is 0 Å². The minimum atomic E-state index is 0.275. The molecule has 1 saturated carbocycles. The van der Waals surface area contributed by atoms with Gasteiger partial charge in [-0.2, -0.15) is 0 Å². The predicted octanol–water partition coefficient (Wildman–Crippen LogP) is 1.24. The molecule has 3 nitrogen and oxygen atoms in total. The first-order valence-corrected chi connectivity index (χ1v) is 6.63. The number of carbonyl (C=O) groups excluding carboxylic acids is 1. The van der Waals surface area contributed by atoms with Crippen LogP contribution in [-0.4, -0.2) is 54.9 Å². The first kappa shape index (κ1) is 12.1. The molecule has 1 aliphatic carbocycles. The number of likely N-dealkylation sites (tertiary alicyclic amines) is 1. The van der Waals surface area contributed by atoms with E-state index in [0.717, 1.165) is 32.6 Å². The van der Waals surface area contributed by atoms with Crippen molar-refractivity contribution in [3.63, 3.8) is 0 Å². The van der Waals surface area contributed by atoms with E-state index in [1.165, 1.54) is 6.42 Å². The zero-order valence-electron chi connectivity index (χ0n) is 10.8. The van der Waals surface area contributed by atoms with Gasteiger partial charge < -0.3 is 9.80 Å². The Morgan fingerprint density at radius 3 is 2.56 bits per heavy atom. The van der Waals surface area contributed by atoms with Gasteiger partial charge in [-0.3, -0.25) is 4.79 Å². The van der Waals surface area contributed by atoms with E-state index in [4.69, 9.17) is 0 Å². The molecule has 92 valence electrons. The minimum absolute atomic E-state index is 0.275. The molecule has 2 bridgehead atoms. The lowest BCUT2D eigenvalue weighted by Crippen LogP contribution is -2.57. The zero-order valence-corrected chi connectivity index (χ0v) is 10.8. The molecule has 16 heavy (non-hydrogen) atoms. The van der Waals surface area contributed by atoms with Crippen molar-refractivity contribution in [1.29, 1.82) is 0 Å². The number of ketones is 1. The monoisotopic (exact) mass is 224 g/mol. The van der Waals surface area contributed by atoms with Crippen LogP contribution in [0.15, 0.2) is 0 Å². The van der Waals surface area contributed by atoms with E-state index in [1.54, 1.807) is 0 Å². The normalized spacial score (nSPS) is 35.8. The van der Waals surface area contributed by atoms with Crippen LogP contribution in [0.1, 0.15) is 26.7 Å². The summed E-state index contributed by atoms with van der Waals surface area (Å²) < 4.78 is 0. The maximum atomic E-state index is 12.2. The third-order valence-corrected chi connectivity index (χ3v) is 4.36. The molecule has 1 aliphatic heterocycles. The number of carbonyl (C=O) groups is 1. The maximum Gasteiger partial charge on any atom is 0.143 e. The summed E-state index contributed by atoms with van der Waals surface area (Å²) in [6.45, 7) is 8.49. The fourth-order valence-electron chi connectivity index (χ4n) is 3.52. The molecule has 0 N–H and O–H groups in total. The van der Waals surface area contributed by atoms with Crippen LogP contribution in [0.2, 0.25) is 0 Å². The summed E-state index contributed by atoms with van der Waals surface area (Å²) in [7, 11) is 2.15. The molecule has 0 aromatic carbocycles. The Balaban J connectivity index is 2.13. The summed E-state index contributed by atoms with van der Waals surface area (Å²) >= 11 is 0. The maximum absolute atomic E-state index is 12.2. The Bertz CT molecular complexity index is 263. The van der Waals surface area contributed by atoms with Crippen LogP contribution in [0.25, 0.3) is 0 Å². The summed E-state index contributed by atoms with van der Waals surface area (Å²) in [5.41, 5.74) is 0. The molecule has 3 unspecified atom stereocenters. The van der Waals surface area contributed by atoms with Crippen molar-refractivity contribution >= 4 is 5.78 Å². The van der Waals surface area contributed by atoms with E-state index in [1.807, 2.05) is 0 Å². The SMILES string of the molecule is CCN(CC)C1CCC2CN(C)CC1C2=O. The molecule has 0 aromatic rings. The van der Waals surface area contributed by atoms with Crippen molar-refractivity contribution in [2.45, 2.75) is 32.7 Å². The molecule has 0 radical (unpaired) electrons. The van der Waals surface area contributed by atoms with Gasteiger partial charge in [0.15, 0.2) is 0 Å². The van der Waals surface area contributed by atoms with Gasteiger partial charge in [-0.15, -0.1) is 0 Å². The predicted molar refractivity (Wildman–Crippen MR) is 65.4 cm³/mol. The van der Waals surface area contributed by atoms with E-state index < -0.39 is 0 Å². The van der Waals surface area contributed by atoms with Crippen LogP contribution in [0, 0.1) is 11.8 Å². The highest BCUT2D eigenvalue weighted by Crippen LogP contribution is 2.33. The van der Waals surface area contributed by atoms with Gasteiger partial charge in [-0.1, -0.05) is 13.8 Å². The van der Waals surface area contributed by atoms with Gasteiger partial charge in [0.2, 0.25) is 0 Å². The number of rotatable bonds is 3. The molecule has 2 aliphatic rings. The first-order valence-electron chi connectivity index (χ1n) is 6.63. The second kappa shape index (κ2) is 4.84. The Kier molecular flexibility index (Phi) is 3.65. The second-order valence-corrected chi connectivity index (χ2v) is 5.29. The number of fused-ring (bicyclic) bond motifs is 2. The lowest BCUT2D eigenvalue weighted by atomic mass is 9.73. The average Bonchev–Trinajstić information content (AvgIpc) is 2.25. The smallest absolute Gasteiger partial charge is 0.143 e. The van der Waals surface area contributed by atoms with Gasteiger partial charge in [0.25, 0.3) is 0 Å². The number of hydrogen-bond acceptors (Lipinski definition) is 3. The van der Waals surface area contributed by atoms with Crippen molar-refractivity contribution in [2.75, 3.05) is 33.2 Å². The largest absolute Gasteiger partial charge is 0.305 e. The third kappa shape index (κ3) is 2.03. The van der Waals surface area contributed by atoms with Crippen LogP contribution < -0.4 is 0 Å². The number of Topliss-reactive ketones (excluding diaryl/α,β-unsaturated/α-hetero) is 1. The van der Waals surface area contributed by atoms with Gasteiger partial charge >= 0.3 is 0 Å². The molecular weight excluding hydrogens is 200 g/mol. The molecular formula is C13H24N2O. The van der Waals surface area contributed by atoms with E-state index in [0.29, 0.717) is 17.7 Å². The summed E-state index contributed by atoms with van der Waals surface area (Å²) in [6.07, 6.45) is 2.32. The van der Waals surface area contributed by atoms with Crippen LogP contribution in [0.4, 0.5) is 0 Å². The van der Waals surface area contributed by atoms with Crippen LogP contribution in [-0.2, 0) is 4.79 Å². The summed E-state index contributed by atoms with van der Waals surface area (Å²) in [4.78, 5) is 17.1. The van der Waals surface area contributed by atoms with Crippen LogP contribution in [0.3, 0.4) is 0 Å². The van der Waals surface area contributed by atoms with E-state index in [-0.39, 0.29) is 5.92 Å². The number of piperidine rings is 1. The Morgan fingerprint density at radius 2 is 1.94 bits per heavy atom. The Hall–Kier alpha value is -0.410. The fourth-order valence-corrected chi connectivity index (χ4v) is 3.52. The van der Waals surface area contributed by atoms with Crippen LogP contribution in [0.5, 0.6) is 0 Å². The van der Waals surface area contributed by atoms with Gasteiger partial charge in [0, 0.05) is 31.0 Å². The molecule has 3 heteroatoms. The van der Waals surface area contributed by atoms with Gasteiger partial charge in [-0.25, -0.2) is 0 Å². The molecule has 3 atom stereocenters. The number of nitrogens with zero attached hydrogens (tertiary/aromatic N) is 2. The summed E-state index contributed by atoms with van der Waals surface area (Å²) in [5.74, 6) is 1.15.